The maximum absolute atomic E-state index is 13.2. The van der Waals surface area contributed by atoms with Crippen molar-refractivity contribution in [2.45, 2.75) is 95.7 Å². The Morgan fingerprint density at radius 2 is 1.51 bits per heavy atom. The van der Waals surface area contributed by atoms with E-state index in [2.05, 4.69) is 81.5 Å². The van der Waals surface area contributed by atoms with E-state index in [4.69, 9.17) is 4.74 Å². The van der Waals surface area contributed by atoms with Crippen LogP contribution in [0.15, 0.2) is 114 Å². The number of aliphatic hydroxyl groups is 4. The number of hydrogen-bond donors (Lipinski definition) is 7. The fourth-order valence-electron chi connectivity index (χ4n) is 9.23. The highest BCUT2D eigenvalue weighted by atomic mass is 32.2. The molecule has 0 radical (unpaired) electrons. The van der Waals surface area contributed by atoms with Crippen LogP contribution in [0.25, 0.3) is 0 Å². The molecular weight excluding hydrogens is 953 g/mol. The van der Waals surface area contributed by atoms with E-state index in [1.165, 1.54) is 0 Å². The first-order valence-corrected chi connectivity index (χ1v) is 26.4. The fraction of sp³-hybridized carbons (Fsp3) is 0.442. The average Bonchev–Trinajstić information content (AvgIpc) is 3.70. The van der Waals surface area contributed by atoms with Gasteiger partial charge in [0.25, 0.3) is 21.9 Å². The Morgan fingerprint density at radius 3 is 2.15 bits per heavy atom. The number of fused-ring (bicyclic) bond motifs is 2. The summed E-state index contributed by atoms with van der Waals surface area (Å²) in [6, 6.07) is 20.5. The SMILES string of the molecule is CC1(C)C(=CC=C2CCCC(C=CC3=[N+](CCCCS(=O)(=O)O)c4ccc(C(=O)NCC(O)CO)cc4C3(C)C)=C2Oc2ccccc2)N(CCCCSOO[O-])c2ccc(C(=O)NCC(O)CO)cc21. The van der Waals surface area contributed by atoms with Gasteiger partial charge >= 0.3 is 0 Å². The van der Waals surface area contributed by atoms with Crippen molar-refractivity contribution < 1.29 is 66.9 Å². The highest BCUT2D eigenvalue weighted by molar-refractivity contribution is 7.94. The highest BCUT2D eigenvalue weighted by Crippen LogP contribution is 2.49. The van der Waals surface area contributed by atoms with Gasteiger partial charge in [-0.15, -0.1) is 0 Å². The second kappa shape index (κ2) is 25.0. The number of aliphatic hydroxyl groups excluding tert-OH is 4. The Kier molecular flexibility index (Phi) is 19.4. The molecule has 0 fully saturated rings. The Morgan fingerprint density at radius 1 is 0.845 bits per heavy atom. The Bertz CT molecular complexity index is 2650. The summed E-state index contributed by atoms with van der Waals surface area (Å²) in [6.45, 7) is 8.22. The Hall–Kier alpha value is -5.19. The number of carbonyl (C=O) groups is 2. The van der Waals surface area contributed by atoms with E-state index < -0.39 is 52.3 Å². The number of nitrogens with one attached hydrogen (secondary N) is 2. The van der Waals surface area contributed by atoms with Crippen molar-refractivity contribution in [1.82, 2.24) is 10.6 Å². The molecule has 2 heterocycles. The van der Waals surface area contributed by atoms with E-state index in [0.717, 1.165) is 76.4 Å². The molecule has 2 unspecified atom stereocenters. The second-order valence-corrected chi connectivity index (χ2v) is 21.2. The van der Waals surface area contributed by atoms with E-state index in [1.807, 2.05) is 54.6 Å². The van der Waals surface area contributed by atoms with Crippen LogP contribution in [0.2, 0.25) is 0 Å². The third kappa shape index (κ3) is 14.1. The fourth-order valence-corrected chi connectivity index (χ4v) is 10.2. The van der Waals surface area contributed by atoms with Gasteiger partial charge < -0.3 is 46.0 Å². The van der Waals surface area contributed by atoms with Gasteiger partial charge in [0.2, 0.25) is 5.69 Å². The molecule has 2 aliphatic heterocycles. The summed E-state index contributed by atoms with van der Waals surface area (Å²) < 4.78 is 46.2. The molecule has 6 rings (SSSR count). The first kappa shape index (κ1) is 55.1. The van der Waals surface area contributed by atoms with Gasteiger partial charge in [0.05, 0.1) is 36.6 Å². The van der Waals surface area contributed by atoms with Crippen LogP contribution in [0.4, 0.5) is 11.4 Å². The smallest absolute Gasteiger partial charge is 0.264 e. The number of nitrogens with zero attached hydrogens (tertiary/aromatic N) is 2. The van der Waals surface area contributed by atoms with Gasteiger partial charge in [0, 0.05) is 89.5 Å². The predicted octanol–water partition coefficient (Wildman–Crippen LogP) is 5.23. The molecular formula is C52H66N4O13S2. The second-order valence-electron chi connectivity index (χ2n) is 18.9. The van der Waals surface area contributed by atoms with Crippen LogP contribution in [0.3, 0.4) is 0 Å². The molecule has 2 amide bonds. The van der Waals surface area contributed by atoms with Crippen molar-refractivity contribution in [2.24, 2.45) is 0 Å². The van der Waals surface area contributed by atoms with Gasteiger partial charge in [0.15, 0.2) is 5.71 Å². The van der Waals surface area contributed by atoms with E-state index in [9.17, 15) is 48.2 Å². The first-order valence-electron chi connectivity index (χ1n) is 23.8. The van der Waals surface area contributed by atoms with Crippen LogP contribution in [0.1, 0.15) is 104 Å². The number of anilines is 1. The number of ether oxygens (including phenoxy) is 1. The molecule has 0 saturated carbocycles. The summed E-state index contributed by atoms with van der Waals surface area (Å²) in [6.07, 6.45) is 10.6. The van der Waals surface area contributed by atoms with Crippen LogP contribution < -0.4 is 25.5 Å². The topological polar surface area (TPSA) is 250 Å². The lowest BCUT2D eigenvalue weighted by molar-refractivity contribution is -0.777. The summed E-state index contributed by atoms with van der Waals surface area (Å²) in [5.41, 5.74) is 6.99. The quantitative estimate of drug-likeness (QED) is 0.0143. The van der Waals surface area contributed by atoms with E-state index >= 15 is 0 Å². The first-order chi connectivity index (χ1) is 33.9. The van der Waals surface area contributed by atoms with Crippen molar-refractivity contribution in [3.05, 3.63) is 136 Å². The lowest BCUT2D eigenvalue weighted by Gasteiger charge is -2.27. The predicted molar refractivity (Wildman–Crippen MR) is 270 cm³/mol. The highest BCUT2D eigenvalue weighted by Gasteiger charge is 2.45. The van der Waals surface area contributed by atoms with Crippen molar-refractivity contribution in [2.75, 3.05) is 55.8 Å². The molecule has 1 aliphatic carbocycles. The normalized spacial score (nSPS) is 18.3. The van der Waals surface area contributed by atoms with E-state index in [-0.39, 0.29) is 31.2 Å². The number of unbranched alkanes of at least 4 members (excludes halogenated alkanes) is 2. The molecule has 2 atom stereocenters. The van der Waals surface area contributed by atoms with Gasteiger partial charge in [0.1, 0.15) is 18.1 Å². The van der Waals surface area contributed by atoms with Crippen LogP contribution >= 0.6 is 12.0 Å². The number of amides is 2. The number of para-hydroxylation sites is 1. The van der Waals surface area contributed by atoms with E-state index in [1.54, 1.807) is 12.1 Å². The molecule has 384 valence electrons. The molecule has 71 heavy (non-hydrogen) atoms. The monoisotopic (exact) mass is 1020 g/mol. The van der Waals surface area contributed by atoms with Crippen LogP contribution in [0, 0.1) is 0 Å². The molecule has 17 nitrogen and oxygen atoms in total. The zero-order valence-corrected chi connectivity index (χ0v) is 42.3. The van der Waals surface area contributed by atoms with Crippen LogP contribution in [0.5, 0.6) is 5.75 Å². The Labute approximate surface area is 420 Å². The molecule has 3 aliphatic rings. The molecule has 19 heteroatoms. The summed E-state index contributed by atoms with van der Waals surface area (Å²) in [5.74, 6) is 0.754. The van der Waals surface area contributed by atoms with Gasteiger partial charge in [-0.2, -0.15) is 17.3 Å². The minimum Gasteiger partial charge on any atom is -0.691 e. The van der Waals surface area contributed by atoms with Crippen molar-refractivity contribution in [1.29, 1.82) is 0 Å². The van der Waals surface area contributed by atoms with Crippen molar-refractivity contribution in [3.63, 3.8) is 0 Å². The lowest BCUT2D eigenvalue weighted by atomic mass is 9.80. The van der Waals surface area contributed by atoms with Gasteiger partial charge in [-0.1, -0.05) is 38.1 Å². The third-order valence-electron chi connectivity index (χ3n) is 13.0. The molecule has 0 saturated heterocycles. The summed E-state index contributed by atoms with van der Waals surface area (Å²) in [5, 5.41) is 57.5. The molecule has 0 spiro atoms. The molecule has 7 N–H and O–H groups in total. The van der Waals surface area contributed by atoms with Crippen LogP contribution in [-0.2, 0) is 30.3 Å². The largest absolute Gasteiger partial charge is 0.691 e. The number of allylic oxidation sites excluding steroid dienone is 7. The minimum atomic E-state index is -4.15. The maximum Gasteiger partial charge on any atom is 0.264 e. The standard InChI is InChI=1S/C52H66N4O13S2/c1-51(2)42-29-37(49(61)53-31-39(59)33-57)17-21-44(42)55(25-8-10-27-70-69-68-63)46(51)23-19-35-13-12-14-36(48(35)67-41-15-6-5-7-16-41)20-24-47-52(3,4)43-30-38(50(62)54-32-40(60)34-58)18-22-45(43)56(47)26-9-11-28-71(64,65)66/h5-7,15-24,29-30,39-40,57-60H,8-14,25-28,31-34H2,1-4H3,(H3-,53,54,61,62,63,64,65,66). The zero-order chi connectivity index (χ0) is 51.3. The van der Waals surface area contributed by atoms with Crippen molar-refractivity contribution in [3.8, 4) is 5.75 Å². The number of hydrogen-bond acceptors (Lipinski definition) is 14. The Balaban J connectivity index is 1.40. The summed E-state index contributed by atoms with van der Waals surface area (Å²) in [7, 11) is -4.15. The zero-order valence-electron chi connectivity index (χ0n) is 40.6. The molecule has 0 bridgehead atoms. The van der Waals surface area contributed by atoms with Crippen LogP contribution in [-0.4, -0.2) is 119 Å². The van der Waals surface area contributed by atoms with Gasteiger partial charge in [-0.3, -0.25) is 19.2 Å². The average molecular weight is 1020 g/mol. The summed E-state index contributed by atoms with van der Waals surface area (Å²) in [4.78, 5) is 28.7. The van der Waals surface area contributed by atoms with Gasteiger partial charge in [-0.25, -0.2) is 0 Å². The maximum atomic E-state index is 13.2. The molecule has 0 aromatic heterocycles. The van der Waals surface area contributed by atoms with Gasteiger partial charge in [-0.05, 0) is 124 Å². The van der Waals surface area contributed by atoms with Crippen molar-refractivity contribution >= 4 is 51.1 Å². The molecule has 3 aromatic rings. The molecule has 3 aromatic carbocycles. The minimum absolute atomic E-state index is 0.0954. The number of rotatable bonds is 25. The summed E-state index contributed by atoms with van der Waals surface area (Å²) >= 11 is 0.943. The lowest BCUT2D eigenvalue weighted by Crippen LogP contribution is -2.34. The number of benzene rings is 3. The third-order valence-corrected chi connectivity index (χ3v) is 14.4. The van der Waals surface area contributed by atoms with E-state index in [0.29, 0.717) is 60.7 Å². The number of carbonyl (C=O) groups excluding carboxylic acids is 2.